The van der Waals surface area contributed by atoms with E-state index in [1.54, 1.807) is 40.4 Å². The van der Waals surface area contributed by atoms with Gasteiger partial charge in [-0.2, -0.15) is 0 Å². The van der Waals surface area contributed by atoms with Crippen LogP contribution in [0.15, 0.2) is 41.6 Å². The van der Waals surface area contributed by atoms with Crippen molar-refractivity contribution >= 4 is 40.8 Å². The van der Waals surface area contributed by atoms with E-state index in [9.17, 15) is 14.9 Å². The fourth-order valence-electron chi connectivity index (χ4n) is 7.16. The van der Waals surface area contributed by atoms with Crippen LogP contribution in [0.3, 0.4) is 0 Å². The van der Waals surface area contributed by atoms with Crippen LogP contribution >= 0.6 is 23.5 Å². The zero-order chi connectivity index (χ0) is 42.5. The van der Waals surface area contributed by atoms with E-state index in [0.717, 1.165) is 41.9 Å². The van der Waals surface area contributed by atoms with Crippen molar-refractivity contribution in [1.82, 2.24) is 4.90 Å². The number of thioether (sulfide) groups is 2. The minimum atomic E-state index is -0.528. The zero-order valence-electron chi connectivity index (χ0n) is 35.0. The summed E-state index contributed by atoms with van der Waals surface area (Å²) in [4.78, 5) is 33.3. The number of oxime groups is 1. The fraction of sp³-hybridized carbons (Fsp3) is 0.524. The van der Waals surface area contributed by atoms with E-state index in [2.05, 4.69) is 19.0 Å². The smallest absolute Gasteiger partial charge is 0.286 e. The van der Waals surface area contributed by atoms with E-state index in [4.69, 9.17) is 42.7 Å². The third-order valence-electron chi connectivity index (χ3n) is 10.1. The molecule has 5 rings (SSSR count). The molecule has 0 bridgehead atoms. The predicted molar refractivity (Wildman–Crippen MR) is 229 cm³/mol. The van der Waals surface area contributed by atoms with Crippen molar-refractivity contribution in [2.45, 2.75) is 69.1 Å². The van der Waals surface area contributed by atoms with Gasteiger partial charge in [0.05, 0.1) is 83.2 Å². The summed E-state index contributed by atoms with van der Waals surface area (Å²) in [5.41, 5.74) is 2.01. The van der Waals surface area contributed by atoms with E-state index in [0.29, 0.717) is 72.6 Å². The third kappa shape index (κ3) is 10.7. The minimum Gasteiger partial charge on any atom is -0.493 e. The van der Waals surface area contributed by atoms with E-state index in [1.807, 2.05) is 47.8 Å². The molecule has 1 unspecified atom stereocenters. The van der Waals surface area contributed by atoms with Gasteiger partial charge in [0.25, 0.3) is 11.6 Å². The molecule has 0 spiro atoms. The van der Waals surface area contributed by atoms with Gasteiger partial charge in [-0.3, -0.25) is 14.9 Å². The standard InChI is InChI=1S/C42H55N3O12S2/c1-9-58-42(59-10-2)30-15-14-16-44(30)41(46)28-23-33(49-3)34(25-31(28)45(47)48)55-17-12-11-13-18-56-40-37(52-6)21-27(22-38(40)53-7)32-24-29(43-57-32)26-19-35(50-4)39(54-8)36(20-26)51-5/h19-23,25,30,32,42H,9-18,24H2,1-8H3/t30-,32?/m0/s1. The maximum Gasteiger partial charge on any atom is 0.286 e. The molecule has 17 heteroatoms. The van der Waals surface area contributed by atoms with Crippen LogP contribution in [0.25, 0.3) is 0 Å². The van der Waals surface area contributed by atoms with Crippen LogP contribution in [0.2, 0.25) is 0 Å². The fourth-order valence-corrected chi connectivity index (χ4v) is 10.0. The van der Waals surface area contributed by atoms with Crippen molar-refractivity contribution in [2.75, 3.05) is 73.9 Å². The Morgan fingerprint density at radius 3 is 1.95 bits per heavy atom. The lowest BCUT2D eigenvalue weighted by Crippen LogP contribution is -2.41. The molecule has 0 aliphatic carbocycles. The van der Waals surface area contributed by atoms with Gasteiger partial charge in [-0.25, -0.2) is 0 Å². The molecule has 59 heavy (non-hydrogen) atoms. The van der Waals surface area contributed by atoms with Gasteiger partial charge in [0.2, 0.25) is 11.5 Å². The van der Waals surface area contributed by atoms with Gasteiger partial charge < -0.3 is 47.6 Å². The number of nitrogens with zero attached hydrogens (tertiary/aromatic N) is 3. The van der Waals surface area contributed by atoms with Gasteiger partial charge in [-0.1, -0.05) is 19.0 Å². The van der Waals surface area contributed by atoms with Crippen LogP contribution in [0.4, 0.5) is 5.69 Å². The molecule has 3 aromatic carbocycles. The topological polar surface area (TPSA) is 159 Å². The average molecular weight is 858 g/mol. The van der Waals surface area contributed by atoms with Gasteiger partial charge in [-0.05, 0) is 67.9 Å². The molecule has 2 heterocycles. The normalized spacial score (nSPS) is 16.0. The number of benzene rings is 3. The first-order valence-electron chi connectivity index (χ1n) is 19.6. The van der Waals surface area contributed by atoms with Crippen molar-refractivity contribution in [3.63, 3.8) is 0 Å². The Morgan fingerprint density at radius 1 is 0.797 bits per heavy atom. The number of hydrogen-bond donors (Lipinski definition) is 0. The molecule has 0 aromatic heterocycles. The quantitative estimate of drug-likeness (QED) is 0.0386. The zero-order valence-corrected chi connectivity index (χ0v) is 36.7. The van der Waals surface area contributed by atoms with Crippen molar-refractivity contribution in [1.29, 1.82) is 0 Å². The summed E-state index contributed by atoms with van der Waals surface area (Å²) in [7, 11) is 9.27. The second-order valence-corrected chi connectivity index (χ2v) is 16.7. The van der Waals surface area contributed by atoms with Gasteiger partial charge >= 0.3 is 0 Å². The largest absolute Gasteiger partial charge is 0.493 e. The summed E-state index contributed by atoms with van der Waals surface area (Å²) in [5.74, 6) is 4.96. The van der Waals surface area contributed by atoms with Gasteiger partial charge in [-0.15, -0.1) is 23.5 Å². The van der Waals surface area contributed by atoms with Crippen LogP contribution in [0, 0.1) is 10.1 Å². The Kier molecular flexibility index (Phi) is 16.8. The Balaban J connectivity index is 1.16. The third-order valence-corrected chi connectivity index (χ3v) is 12.8. The highest BCUT2D eigenvalue weighted by Crippen LogP contribution is 2.45. The minimum absolute atomic E-state index is 0.00234. The molecule has 2 aliphatic heterocycles. The number of methoxy groups -OCH3 is 6. The number of amides is 1. The Hall–Kier alpha value is -4.90. The number of likely N-dealkylation sites (tertiary alicyclic amines) is 1. The highest BCUT2D eigenvalue weighted by atomic mass is 32.2. The first-order chi connectivity index (χ1) is 28.7. The summed E-state index contributed by atoms with van der Waals surface area (Å²) in [6.07, 6.45) is 3.87. The molecule has 0 radical (unpaired) electrons. The molecule has 15 nitrogen and oxygen atoms in total. The molecular weight excluding hydrogens is 803 g/mol. The van der Waals surface area contributed by atoms with Gasteiger partial charge in [0.1, 0.15) is 5.56 Å². The number of carbonyl (C=O) groups is 1. The second kappa shape index (κ2) is 21.9. The summed E-state index contributed by atoms with van der Waals surface area (Å²) in [5, 5.41) is 16.6. The Bertz CT molecular complexity index is 1890. The SMILES string of the molecule is CCSC(SCC)[C@@H]1CCCN1C(=O)c1cc(OC)c(OCCCCCOc2c(OC)cc(C3CC(c4cc(OC)c(OC)c(OC)c4)=NO3)cc2OC)cc1[N+](=O)[O-]. The van der Waals surface area contributed by atoms with E-state index in [1.165, 1.54) is 19.2 Å². The monoisotopic (exact) mass is 857 g/mol. The first-order valence-corrected chi connectivity index (χ1v) is 21.7. The average Bonchev–Trinajstić information content (AvgIpc) is 3.96. The molecule has 2 atom stereocenters. The predicted octanol–water partition coefficient (Wildman–Crippen LogP) is 8.58. The molecule has 3 aromatic rings. The Morgan fingerprint density at radius 2 is 1.39 bits per heavy atom. The molecule has 1 fully saturated rings. The number of hydrogen-bond acceptors (Lipinski definition) is 15. The second-order valence-electron chi connectivity index (χ2n) is 13.5. The maximum absolute atomic E-state index is 13.9. The molecule has 1 amide bonds. The summed E-state index contributed by atoms with van der Waals surface area (Å²) in [6, 6.07) is 10.1. The van der Waals surface area contributed by atoms with Crippen molar-refractivity contribution in [3.05, 3.63) is 63.2 Å². The van der Waals surface area contributed by atoms with Crippen LogP contribution in [-0.2, 0) is 4.84 Å². The van der Waals surface area contributed by atoms with Gasteiger partial charge in [0.15, 0.2) is 40.6 Å². The number of rotatable bonds is 23. The lowest BCUT2D eigenvalue weighted by Gasteiger charge is -2.31. The summed E-state index contributed by atoms with van der Waals surface area (Å²) >= 11 is 3.63. The number of nitro groups is 1. The van der Waals surface area contributed by atoms with E-state index >= 15 is 0 Å². The van der Waals surface area contributed by atoms with Gasteiger partial charge in [0, 0.05) is 30.2 Å². The number of ether oxygens (including phenoxy) is 8. The first kappa shape index (κ1) is 45.2. The lowest BCUT2D eigenvalue weighted by molar-refractivity contribution is -0.385. The lowest BCUT2D eigenvalue weighted by atomic mass is 9.99. The van der Waals surface area contributed by atoms with Crippen LogP contribution in [-0.4, -0.2) is 106 Å². The van der Waals surface area contributed by atoms with Crippen LogP contribution in [0.5, 0.6) is 46.0 Å². The van der Waals surface area contributed by atoms with E-state index < -0.39 is 11.0 Å². The number of carbonyl (C=O) groups excluding carboxylic acids is 1. The molecule has 2 aliphatic rings. The molecule has 1 saturated heterocycles. The van der Waals surface area contributed by atoms with Crippen LogP contribution in [0.1, 0.15) is 80.0 Å². The Labute approximate surface area is 354 Å². The van der Waals surface area contributed by atoms with Crippen molar-refractivity contribution < 1.29 is 52.5 Å². The number of nitro benzene ring substituents is 1. The number of unbranched alkanes of at least 4 members (excludes halogenated alkanes) is 2. The molecular formula is C42H55N3O12S2. The van der Waals surface area contributed by atoms with Crippen LogP contribution < -0.4 is 37.9 Å². The highest BCUT2D eigenvalue weighted by molar-refractivity contribution is 8.17. The van der Waals surface area contributed by atoms with Crippen molar-refractivity contribution in [2.24, 2.45) is 5.16 Å². The maximum atomic E-state index is 13.9. The van der Waals surface area contributed by atoms with E-state index in [-0.39, 0.29) is 45.9 Å². The highest BCUT2D eigenvalue weighted by Gasteiger charge is 2.38. The summed E-state index contributed by atoms with van der Waals surface area (Å²) in [6.45, 7) is 5.42. The molecule has 0 N–H and O–H groups in total. The molecule has 0 saturated carbocycles. The van der Waals surface area contributed by atoms with Crippen molar-refractivity contribution in [3.8, 4) is 46.0 Å². The summed E-state index contributed by atoms with van der Waals surface area (Å²) < 4.78 is 45.8. The molecule has 322 valence electrons.